The Labute approximate surface area is 131 Å². The fraction of sp³-hybridized carbons (Fsp3) is 0.133. The van der Waals surface area contributed by atoms with Gasteiger partial charge in [-0.15, -0.1) is 0 Å². The number of thiocarbonyl (C=S) groups is 1. The van der Waals surface area contributed by atoms with Gasteiger partial charge in [0.2, 0.25) is 0 Å². The fourth-order valence-corrected chi connectivity index (χ4v) is 2.49. The fourth-order valence-electron chi connectivity index (χ4n) is 1.85. The highest BCUT2D eigenvalue weighted by Crippen LogP contribution is 2.23. The van der Waals surface area contributed by atoms with Gasteiger partial charge in [0.15, 0.2) is 0 Å². The van der Waals surface area contributed by atoms with Gasteiger partial charge >= 0.3 is 0 Å². The molecule has 0 saturated heterocycles. The zero-order chi connectivity index (χ0) is 14.5. The largest absolute Gasteiger partial charge is 0.389 e. The van der Waals surface area contributed by atoms with Crippen molar-refractivity contribution in [2.24, 2.45) is 5.73 Å². The third-order valence-electron chi connectivity index (χ3n) is 2.87. The van der Waals surface area contributed by atoms with E-state index in [2.05, 4.69) is 21.2 Å². The van der Waals surface area contributed by atoms with Crippen molar-refractivity contribution in [3.63, 3.8) is 0 Å². The lowest BCUT2D eigenvalue weighted by Crippen LogP contribution is -2.10. The molecular weight excluding hydrogens is 339 g/mol. The van der Waals surface area contributed by atoms with E-state index in [0.29, 0.717) is 11.5 Å². The molecule has 0 fully saturated rings. The third-order valence-corrected chi connectivity index (χ3v) is 3.76. The Kier molecular flexibility index (Phi) is 5.09. The van der Waals surface area contributed by atoms with Crippen LogP contribution in [-0.4, -0.2) is 11.5 Å². The first-order chi connectivity index (χ1) is 9.56. The molecule has 0 amide bonds. The molecule has 0 aliphatic heterocycles. The van der Waals surface area contributed by atoms with Crippen molar-refractivity contribution in [2.45, 2.75) is 6.42 Å². The predicted molar refractivity (Wildman–Crippen MR) is 88.6 cm³/mol. The molecule has 0 aliphatic carbocycles. The molecule has 104 valence electrons. The molecule has 0 heterocycles. The van der Waals surface area contributed by atoms with Gasteiger partial charge in [-0.1, -0.05) is 24.4 Å². The standard InChI is InChI=1S/C15H14BrFN2S/c16-13-9-11(15(18)20)4-5-14(13)19-7-6-10-2-1-3-12(17)8-10/h1-5,8-9,19H,6-7H2,(H2,18,20). The Morgan fingerprint density at radius 3 is 2.70 bits per heavy atom. The summed E-state index contributed by atoms with van der Waals surface area (Å²) in [7, 11) is 0. The molecular formula is C15H14BrFN2S. The van der Waals surface area contributed by atoms with Crippen LogP contribution in [0.5, 0.6) is 0 Å². The molecule has 0 spiro atoms. The van der Waals surface area contributed by atoms with E-state index in [1.54, 1.807) is 12.1 Å². The molecule has 2 aromatic carbocycles. The van der Waals surface area contributed by atoms with Crippen LogP contribution in [0.15, 0.2) is 46.9 Å². The molecule has 0 unspecified atom stereocenters. The van der Waals surface area contributed by atoms with E-state index in [1.807, 2.05) is 24.3 Å². The van der Waals surface area contributed by atoms with Crippen LogP contribution in [0.1, 0.15) is 11.1 Å². The summed E-state index contributed by atoms with van der Waals surface area (Å²) in [4.78, 5) is 0.372. The maximum atomic E-state index is 13.0. The average Bonchev–Trinajstić information content (AvgIpc) is 2.40. The first-order valence-electron chi connectivity index (χ1n) is 6.14. The Balaban J connectivity index is 1.96. The van der Waals surface area contributed by atoms with Gasteiger partial charge in [0.1, 0.15) is 10.8 Å². The van der Waals surface area contributed by atoms with Crippen molar-refractivity contribution < 1.29 is 4.39 Å². The van der Waals surface area contributed by atoms with Crippen LogP contribution in [-0.2, 0) is 6.42 Å². The molecule has 2 nitrogen and oxygen atoms in total. The van der Waals surface area contributed by atoms with Gasteiger partial charge < -0.3 is 11.1 Å². The van der Waals surface area contributed by atoms with E-state index in [4.69, 9.17) is 18.0 Å². The first kappa shape index (κ1) is 14.9. The van der Waals surface area contributed by atoms with Crippen molar-refractivity contribution in [1.29, 1.82) is 0 Å². The molecule has 0 bridgehead atoms. The molecule has 3 N–H and O–H groups in total. The quantitative estimate of drug-likeness (QED) is 0.802. The van der Waals surface area contributed by atoms with E-state index in [-0.39, 0.29) is 5.82 Å². The van der Waals surface area contributed by atoms with Crippen molar-refractivity contribution in [3.8, 4) is 0 Å². The van der Waals surface area contributed by atoms with Gasteiger partial charge in [-0.25, -0.2) is 4.39 Å². The van der Waals surface area contributed by atoms with Crippen LogP contribution >= 0.6 is 28.1 Å². The second-order valence-corrected chi connectivity index (χ2v) is 5.66. The summed E-state index contributed by atoms with van der Waals surface area (Å²) in [6, 6.07) is 12.3. The molecule has 0 saturated carbocycles. The Morgan fingerprint density at radius 1 is 1.25 bits per heavy atom. The van der Waals surface area contributed by atoms with Crippen molar-refractivity contribution in [1.82, 2.24) is 0 Å². The average molecular weight is 353 g/mol. The van der Waals surface area contributed by atoms with Crippen LogP contribution in [0, 0.1) is 5.82 Å². The number of halogens is 2. The number of hydrogen-bond acceptors (Lipinski definition) is 2. The zero-order valence-corrected chi connectivity index (χ0v) is 13.1. The molecule has 2 rings (SSSR count). The summed E-state index contributed by atoms with van der Waals surface area (Å²) in [6.07, 6.45) is 0.751. The van der Waals surface area contributed by atoms with Crippen molar-refractivity contribution >= 4 is 38.8 Å². The Hall–Kier alpha value is -1.46. The minimum absolute atomic E-state index is 0.204. The number of anilines is 1. The van der Waals surface area contributed by atoms with Crippen LogP contribution < -0.4 is 11.1 Å². The lowest BCUT2D eigenvalue weighted by atomic mass is 10.1. The van der Waals surface area contributed by atoms with Gasteiger partial charge in [0.25, 0.3) is 0 Å². The second kappa shape index (κ2) is 6.81. The summed E-state index contributed by atoms with van der Waals surface area (Å²) in [5, 5.41) is 3.29. The molecule has 20 heavy (non-hydrogen) atoms. The zero-order valence-electron chi connectivity index (χ0n) is 10.7. The van der Waals surface area contributed by atoms with E-state index >= 15 is 0 Å². The first-order valence-corrected chi connectivity index (χ1v) is 7.34. The molecule has 0 aliphatic rings. The normalized spacial score (nSPS) is 10.3. The maximum absolute atomic E-state index is 13.0. The number of nitrogens with one attached hydrogen (secondary N) is 1. The highest BCUT2D eigenvalue weighted by Gasteiger charge is 2.03. The van der Waals surface area contributed by atoms with E-state index in [0.717, 1.165) is 27.7 Å². The molecule has 0 atom stereocenters. The third kappa shape index (κ3) is 4.02. The lowest BCUT2D eigenvalue weighted by molar-refractivity contribution is 0.625. The smallest absolute Gasteiger partial charge is 0.123 e. The SMILES string of the molecule is NC(=S)c1ccc(NCCc2cccc(F)c2)c(Br)c1. The Bertz CT molecular complexity index is 631. The second-order valence-electron chi connectivity index (χ2n) is 4.37. The monoisotopic (exact) mass is 352 g/mol. The number of benzene rings is 2. The van der Waals surface area contributed by atoms with E-state index in [9.17, 15) is 4.39 Å². The van der Waals surface area contributed by atoms with Gasteiger partial charge in [-0.05, 0) is 58.2 Å². The lowest BCUT2D eigenvalue weighted by Gasteiger charge is -2.10. The van der Waals surface area contributed by atoms with Gasteiger partial charge in [0, 0.05) is 22.3 Å². The molecule has 0 aromatic heterocycles. The molecule has 2 aromatic rings. The summed E-state index contributed by atoms with van der Waals surface area (Å²) >= 11 is 8.41. The van der Waals surface area contributed by atoms with E-state index in [1.165, 1.54) is 6.07 Å². The summed E-state index contributed by atoms with van der Waals surface area (Å²) in [6.45, 7) is 0.717. The van der Waals surface area contributed by atoms with Crippen LogP contribution in [0.3, 0.4) is 0 Å². The van der Waals surface area contributed by atoms with Crippen LogP contribution in [0.4, 0.5) is 10.1 Å². The highest BCUT2D eigenvalue weighted by molar-refractivity contribution is 9.10. The van der Waals surface area contributed by atoms with E-state index < -0.39 is 0 Å². The maximum Gasteiger partial charge on any atom is 0.123 e. The molecule has 5 heteroatoms. The summed E-state index contributed by atoms with van der Waals surface area (Å²) in [5.74, 6) is -0.204. The van der Waals surface area contributed by atoms with Crippen molar-refractivity contribution in [2.75, 3.05) is 11.9 Å². The number of nitrogens with two attached hydrogens (primary N) is 1. The van der Waals surface area contributed by atoms with Gasteiger partial charge in [0.05, 0.1) is 0 Å². The summed E-state index contributed by atoms with van der Waals surface area (Å²) < 4.78 is 14.0. The summed E-state index contributed by atoms with van der Waals surface area (Å²) in [5.41, 5.74) is 8.33. The minimum Gasteiger partial charge on any atom is -0.389 e. The number of hydrogen-bond donors (Lipinski definition) is 2. The van der Waals surface area contributed by atoms with Gasteiger partial charge in [-0.3, -0.25) is 0 Å². The predicted octanol–water partition coefficient (Wildman–Crippen LogP) is 3.88. The molecule has 0 radical (unpaired) electrons. The van der Waals surface area contributed by atoms with Crippen LogP contribution in [0.2, 0.25) is 0 Å². The minimum atomic E-state index is -0.204. The van der Waals surface area contributed by atoms with Crippen molar-refractivity contribution in [3.05, 3.63) is 63.9 Å². The topological polar surface area (TPSA) is 38.0 Å². The van der Waals surface area contributed by atoms with Crippen LogP contribution in [0.25, 0.3) is 0 Å². The van der Waals surface area contributed by atoms with Gasteiger partial charge in [-0.2, -0.15) is 0 Å². The number of rotatable bonds is 5. The highest BCUT2D eigenvalue weighted by atomic mass is 79.9. The Morgan fingerprint density at radius 2 is 2.05 bits per heavy atom.